The molecule has 0 aliphatic carbocycles. The lowest BCUT2D eigenvalue weighted by molar-refractivity contribution is -0.295. The lowest BCUT2D eigenvalue weighted by atomic mass is 10.0. The molecule has 0 unspecified atom stereocenters. The lowest BCUT2D eigenvalue weighted by Crippen LogP contribution is -2.23. The molecule has 3 nitrogen and oxygen atoms in total. The minimum absolute atomic E-state index is 0.147. The molecule has 0 spiro atoms. The molecule has 0 N–H and O–H groups in total. The number of hydrogen-bond acceptors (Lipinski definition) is 3. The minimum atomic E-state index is -1.20. The number of rotatable bonds is 4. The number of aliphatic carboxylic acids is 1. The summed E-state index contributed by atoms with van der Waals surface area (Å²) in [5, 5.41) is 11.2. The van der Waals surface area contributed by atoms with Gasteiger partial charge in [-0.2, -0.15) is 0 Å². The highest BCUT2D eigenvalue weighted by molar-refractivity contribution is 6.19. The molecule has 2 aromatic rings. The van der Waals surface area contributed by atoms with E-state index in [0.717, 1.165) is 5.56 Å². The van der Waals surface area contributed by atoms with Crippen LogP contribution in [0.1, 0.15) is 11.1 Å². The van der Waals surface area contributed by atoms with E-state index in [1.165, 1.54) is 0 Å². The van der Waals surface area contributed by atoms with Crippen LogP contribution in [0.4, 0.5) is 0 Å². The van der Waals surface area contributed by atoms with Crippen molar-refractivity contribution in [3.8, 4) is 5.75 Å². The normalized spacial score (nSPS) is 11.1. The summed E-state index contributed by atoms with van der Waals surface area (Å²) in [7, 11) is 1.57. The Labute approximate surface area is 111 Å². The lowest BCUT2D eigenvalue weighted by Gasteiger charge is -2.09. The summed E-state index contributed by atoms with van der Waals surface area (Å²) in [6.07, 6.45) is 1.58. The molecular weight excluding hydrogens is 240 g/mol. The second-order valence-corrected chi connectivity index (χ2v) is 3.99. The average molecular weight is 253 g/mol. The van der Waals surface area contributed by atoms with Crippen molar-refractivity contribution in [3.63, 3.8) is 0 Å². The van der Waals surface area contributed by atoms with Crippen LogP contribution in [-0.2, 0) is 4.79 Å². The van der Waals surface area contributed by atoms with Crippen molar-refractivity contribution in [2.45, 2.75) is 0 Å². The fourth-order valence-corrected chi connectivity index (χ4v) is 1.78. The van der Waals surface area contributed by atoms with Crippen molar-refractivity contribution in [1.82, 2.24) is 0 Å². The molecule has 0 fully saturated rings. The van der Waals surface area contributed by atoms with E-state index in [9.17, 15) is 9.90 Å². The summed E-state index contributed by atoms with van der Waals surface area (Å²) in [5.74, 6) is -0.520. The molecule has 0 bridgehead atoms. The number of benzene rings is 2. The van der Waals surface area contributed by atoms with Gasteiger partial charge in [0.25, 0.3) is 0 Å². The van der Waals surface area contributed by atoms with Gasteiger partial charge in [0.05, 0.1) is 13.1 Å². The maximum absolute atomic E-state index is 11.2. The van der Waals surface area contributed by atoms with Gasteiger partial charge in [-0.3, -0.25) is 0 Å². The van der Waals surface area contributed by atoms with E-state index in [1.54, 1.807) is 49.6 Å². The van der Waals surface area contributed by atoms with Crippen molar-refractivity contribution >= 4 is 17.6 Å². The SMILES string of the molecule is COc1cccc(/C=C(/C(=O)[O-])c2ccccc2)c1. The Bertz CT molecular complexity index is 600. The van der Waals surface area contributed by atoms with Crippen molar-refractivity contribution < 1.29 is 14.6 Å². The Hall–Kier alpha value is -2.55. The van der Waals surface area contributed by atoms with Crippen LogP contribution in [0.25, 0.3) is 11.6 Å². The van der Waals surface area contributed by atoms with E-state index in [4.69, 9.17) is 4.74 Å². The summed E-state index contributed by atoms with van der Waals surface area (Å²) in [4.78, 5) is 11.2. The van der Waals surface area contributed by atoms with Crippen molar-refractivity contribution in [2.24, 2.45) is 0 Å². The van der Waals surface area contributed by atoms with Gasteiger partial charge in [-0.05, 0) is 29.3 Å². The molecule has 0 aliphatic rings. The van der Waals surface area contributed by atoms with E-state index >= 15 is 0 Å². The van der Waals surface area contributed by atoms with Crippen LogP contribution in [0, 0.1) is 0 Å². The van der Waals surface area contributed by atoms with Crippen molar-refractivity contribution in [1.29, 1.82) is 0 Å². The topological polar surface area (TPSA) is 49.4 Å². The highest BCUT2D eigenvalue weighted by atomic mass is 16.5. The van der Waals surface area contributed by atoms with Gasteiger partial charge < -0.3 is 14.6 Å². The predicted octanol–water partition coefficient (Wildman–Crippen LogP) is 1.99. The highest BCUT2D eigenvalue weighted by Gasteiger charge is 2.03. The molecule has 0 aliphatic heterocycles. The van der Waals surface area contributed by atoms with Crippen molar-refractivity contribution in [2.75, 3.05) is 7.11 Å². The molecule has 2 aromatic carbocycles. The first-order valence-electron chi connectivity index (χ1n) is 5.83. The van der Waals surface area contributed by atoms with E-state index in [0.29, 0.717) is 11.3 Å². The molecule has 0 aromatic heterocycles. The predicted molar refractivity (Wildman–Crippen MR) is 72.3 cm³/mol. The standard InChI is InChI=1S/C16H14O3/c1-19-14-9-5-6-12(10-14)11-15(16(17)18)13-7-3-2-4-8-13/h2-11H,1H3,(H,17,18)/p-1/b15-11+. The van der Waals surface area contributed by atoms with E-state index in [1.807, 2.05) is 18.2 Å². The summed E-state index contributed by atoms with van der Waals surface area (Å²) < 4.78 is 5.11. The highest BCUT2D eigenvalue weighted by Crippen LogP contribution is 2.20. The van der Waals surface area contributed by atoms with Crippen LogP contribution >= 0.6 is 0 Å². The fraction of sp³-hybridized carbons (Fsp3) is 0.0625. The van der Waals surface area contributed by atoms with Gasteiger partial charge in [0.15, 0.2) is 0 Å². The smallest absolute Gasteiger partial charge is 0.119 e. The Morgan fingerprint density at radius 3 is 2.47 bits per heavy atom. The molecule has 0 radical (unpaired) electrons. The summed E-state index contributed by atoms with van der Waals surface area (Å²) in [5.41, 5.74) is 1.52. The van der Waals surface area contributed by atoms with E-state index in [2.05, 4.69) is 0 Å². The average Bonchev–Trinajstić information content (AvgIpc) is 2.45. The van der Waals surface area contributed by atoms with Crippen LogP contribution in [0.2, 0.25) is 0 Å². The van der Waals surface area contributed by atoms with Gasteiger partial charge in [0, 0.05) is 5.57 Å². The first kappa shape index (κ1) is 12.9. The number of carbonyl (C=O) groups is 1. The van der Waals surface area contributed by atoms with Crippen LogP contribution in [0.15, 0.2) is 54.6 Å². The number of carbonyl (C=O) groups excluding carboxylic acids is 1. The third-order valence-electron chi connectivity index (χ3n) is 2.71. The molecule has 3 heteroatoms. The van der Waals surface area contributed by atoms with E-state index < -0.39 is 5.97 Å². The van der Waals surface area contributed by atoms with Gasteiger partial charge in [-0.15, -0.1) is 0 Å². The van der Waals surface area contributed by atoms with Crippen LogP contribution in [0.5, 0.6) is 5.75 Å². The van der Waals surface area contributed by atoms with Gasteiger partial charge in [-0.25, -0.2) is 0 Å². The Kier molecular flexibility index (Phi) is 3.98. The van der Waals surface area contributed by atoms with Gasteiger partial charge >= 0.3 is 0 Å². The molecule has 19 heavy (non-hydrogen) atoms. The monoisotopic (exact) mass is 253 g/mol. The van der Waals surface area contributed by atoms with Gasteiger partial charge in [0.1, 0.15) is 5.75 Å². The number of ether oxygens (including phenoxy) is 1. The molecule has 0 saturated heterocycles. The largest absolute Gasteiger partial charge is 0.545 e. The molecule has 0 amide bonds. The third kappa shape index (κ3) is 3.22. The zero-order chi connectivity index (χ0) is 13.7. The summed E-state index contributed by atoms with van der Waals surface area (Å²) >= 11 is 0. The number of carboxylic acid groups (broad SMARTS) is 1. The zero-order valence-electron chi connectivity index (χ0n) is 10.5. The van der Waals surface area contributed by atoms with E-state index in [-0.39, 0.29) is 5.57 Å². The third-order valence-corrected chi connectivity index (χ3v) is 2.71. The summed E-state index contributed by atoms with van der Waals surface area (Å²) in [6.45, 7) is 0. The second-order valence-electron chi connectivity index (χ2n) is 3.99. The Morgan fingerprint density at radius 2 is 1.84 bits per heavy atom. The van der Waals surface area contributed by atoms with Gasteiger partial charge in [0.2, 0.25) is 0 Å². The van der Waals surface area contributed by atoms with Gasteiger partial charge in [-0.1, -0.05) is 42.5 Å². The van der Waals surface area contributed by atoms with Crippen LogP contribution < -0.4 is 9.84 Å². The Balaban J connectivity index is 2.44. The van der Waals surface area contributed by atoms with Crippen molar-refractivity contribution in [3.05, 3.63) is 65.7 Å². The van der Waals surface area contributed by atoms with Crippen LogP contribution in [-0.4, -0.2) is 13.1 Å². The molecule has 96 valence electrons. The molecule has 0 heterocycles. The Morgan fingerprint density at radius 1 is 1.11 bits per heavy atom. The maximum atomic E-state index is 11.2. The zero-order valence-corrected chi connectivity index (χ0v) is 10.5. The second kappa shape index (κ2) is 5.87. The maximum Gasteiger partial charge on any atom is 0.119 e. The summed E-state index contributed by atoms with van der Waals surface area (Å²) in [6, 6.07) is 16.1. The molecular formula is C16H13O3-. The number of methoxy groups -OCH3 is 1. The molecule has 2 rings (SSSR count). The minimum Gasteiger partial charge on any atom is -0.545 e. The first-order chi connectivity index (χ1) is 9.20. The molecule has 0 atom stereocenters. The molecule has 0 saturated carbocycles. The number of hydrogen-bond donors (Lipinski definition) is 0. The quantitative estimate of drug-likeness (QED) is 0.618. The number of carboxylic acids is 1. The first-order valence-corrected chi connectivity index (χ1v) is 5.83. The van der Waals surface area contributed by atoms with Crippen LogP contribution in [0.3, 0.4) is 0 Å². The fourth-order valence-electron chi connectivity index (χ4n) is 1.78.